The van der Waals surface area contributed by atoms with Gasteiger partial charge in [0.05, 0.1) is 24.5 Å². The highest BCUT2D eigenvalue weighted by Crippen LogP contribution is 2.38. The molecule has 24 heavy (non-hydrogen) atoms. The molecule has 1 aromatic heterocycles. The summed E-state index contributed by atoms with van der Waals surface area (Å²) in [5, 5.41) is 10.2. The molecule has 3 rings (SSSR count). The number of ether oxygens (including phenoxy) is 1. The third-order valence-corrected chi connectivity index (χ3v) is 3.94. The van der Waals surface area contributed by atoms with E-state index >= 15 is 0 Å². The van der Waals surface area contributed by atoms with E-state index in [-0.39, 0.29) is 11.3 Å². The number of furan rings is 1. The largest absolute Gasteiger partial charge is 0.503 e. The van der Waals surface area contributed by atoms with Gasteiger partial charge in [-0.2, -0.15) is 0 Å². The summed E-state index contributed by atoms with van der Waals surface area (Å²) in [4.78, 5) is 26.1. The van der Waals surface area contributed by atoms with Gasteiger partial charge in [0.15, 0.2) is 11.5 Å². The molecule has 0 aliphatic carbocycles. The predicted molar refractivity (Wildman–Crippen MR) is 85.8 cm³/mol. The second-order valence-electron chi connectivity index (χ2n) is 5.39. The zero-order chi connectivity index (χ0) is 17.3. The summed E-state index contributed by atoms with van der Waals surface area (Å²) >= 11 is 0. The minimum atomic E-state index is -0.675. The van der Waals surface area contributed by atoms with E-state index in [1.807, 2.05) is 6.92 Å². The quantitative estimate of drug-likeness (QED) is 0.854. The number of carbonyl (C=O) groups excluding carboxylic acids is 2. The Kier molecular flexibility index (Phi) is 4.12. The summed E-state index contributed by atoms with van der Waals surface area (Å²) in [5.74, 6) is -0.869. The first kappa shape index (κ1) is 15.9. The van der Waals surface area contributed by atoms with Gasteiger partial charge in [0.25, 0.3) is 5.91 Å². The number of carbonyl (C=O) groups is 2. The van der Waals surface area contributed by atoms with Crippen molar-refractivity contribution in [2.75, 3.05) is 13.7 Å². The van der Waals surface area contributed by atoms with Crippen molar-refractivity contribution in [1.29, 1.82) is 0 Å². The van der Waals surface area contributed by atoms with Gasteiger partial charge in [-0.3, -0.25) is 9.59 Å². The Labute approximate surface area is 138 Å². The number of amides is 1. The second kappa shape index (κ2) is 6.23. The number of hydrogen-bond acceptors (Lipinski definition) is 5. The van der Waals surface area contributed by atoms with E-state index in [1.54, 1.807) is 37.4 Å². The average Bonchev–Trinajstić information content (AvgIpc) is 3.19. The summed E-state index contributed by atoms with van der Waals surface area (Å²) in [6, 6.07) is 9.48. The molecule has 1 atom stereocenters. The fourth-order valence-corrected chi connectivity index (χ4v) is 2.80. The Hall–Kier alpha value is -3.02. The molecule has 1 aliphatic rings. The van der Waals surface area contributed by atoms with Crippen LogP contribution in [0.2, 0.25) is 0 Å². The Balaban J connectivity index is 2.01. The minimum Gasteiger partial charge on any atom is -0.503 e. The van der Waals surface area contributed by atoms with Crippen LogP contribution in [0, 0.1) is 0 Å². The molecule has 0 fully saturated rings. The number of benzene rings is 1. The van der Waals surface area contributed by atoms with Crippen LogP contribution >= 0.6 is 0 Å². The van der Waals surface area contributed by atoms with Crippen molar-refractivity contribution < 1.29 is 23.8 Å². The molecule has 6 heteroatoms. The van der Waals surface area contributed by atoms with Gasteiger partial charge >= 0.3 is 0 Å². The van der Waals surface area contributed by atoms with Crippen LogP contribution in [0.5, 0.6) is 5.75 Å². The molecular formula is C18H17NO5. The maximum atomic E-state index is 12.6. The highest BCUT2D eigenvalue weighted by atomic mass is 16.5. The third-order valence-electron chi connectivity index (χ3n) is 3.94. The molecule has 0 bridgehead atoms. The van der Waals surface area contributed by atoms with E-state index in [0.717, 1.165) is 0 Å². The number of hydrogen-bond donors (Lipinski definition) is 1. The van der Waals surface area contributed by atoms with Crippen LogP contribution in [-0.2, 0) is 4.79 Å². The molecule has 1 amide bonds. The number of rotatable bonds is 5. The number of Topliss-reactive ketones (excluding diaryl/α,β-unsaturated/α-hetero) is 1. The van der Waals surface area contributed by atoms with E-state index in [4.69, 9.17) is 9.15 Å². The topological polar surface area (TPSA) is 80.0 Å². The fraction of sp³-hybridized carbons (Fsp3) is 0.222. The van der Waals surface area contributed by atoms with E-state index < -0.39 is 23.5 Å². The molecule has 0 saturated heterocycles. The first-order valence-electron chi connectivity index (χ1n) is 7.55. The number of ketones is 1. The van der Waals surface area contributed by atoms with Crippen molar-refractivity contribution in [2.24, 2.45) is 0 Å². The Morgan fingerprint density at radius 3 is 2.58 bits per heavy atom. The number of likely N-dealkylation sites (N-methyl/N-ethyl adjacent to an activating group) is 1. The summed E-state index contributed by atoms with van der Waals surface area (Å²) in [7, 11) is 1.54. The molecule has 1 aliphatic heterocycles. The molecule has 0 radical (unpaired) electrons. The monoisotopic (exact) mass is 327 g/mol. The smallest absolute Gasteiger partial charge is 0.289 e. The molecule has 0 saturated carbocycles. The lowest BCUT2D eigenvalue weighted by Gasteiger charge is -2.22. The van der Waals surface area contributed by atoms with Crippen molar-refractivity contribution in [2.45, 2.75) is 13.0 Å². The molecule has 1 aromatic carbocycles. The van der Waals surface area contributed by atoms with Gasteiger partial charge < -0.3 is 19.2 Å². The van der Waals surface area contributed by atoms with Gasteiger partial charge in [0.1, 0.15) is 5.75 Å². The number of aliphatic hydroxyl groups is 1. The molecule has 6 nitrogen and oxygen atoms in total. The van der Waals surface area contributed by atoms with E-state index in [1.165, 1.54) is 17.2 Å². The average molecular weight is 327 g/mol. The summed E-state index contributed by atoms with van der Waals surface area (Å²) in [6.07, 6.45) is 1.37. The van der Waals surface area contributed by atoms with Crippen LogP contribution in [0.3, 0.4) is 0 Å². The molecule has 1 unspecified atom stereocenters. The standard InChI is InChI=1S/C18H17NO5/c1-3-23-12-8-6-11(7-9-12)15-14(17(21)18(22)19(15)2)16(20)13-5-4-10-24-13/h4-10,15,21H,3H2,1-2H3. The molecule has 0 spiro atoms. The first-order valence-corrected chi connectivity index (χ1v) is 7.55. The molecule has 1 N–H and O–H groups in total. The van der Waals surface area contributed by atoms with Gasteiger partial charge in [0.2, 0.25) is 5.78 Å². The number of nitrogens with zero attached hydrogens (tertiary/aromatic N) is 1. The summed E-state index contributed by atoms with van der Waals surface area (Å²) in [6.45, 7) is 2.43. The number of aliphatic hydroxyl groups excluding tert-OH is 1. The SMILES string of the molecule is CCOc1ccc(C2C(C(=O)c3ccco3)=C(O)C(=O)N2C)cc1. The highest BCUT2D eigenvalue weighted by Gasteiger charge is 2.42. The van der Waals surface area contributed by atoms with Crippen LogP contribution in [0.15, 0.2) is 58.4 Å². The fourth-order valence-electron chi connectivity index (χ4n) is 2.80. The zero-order valence-corrected chi connectivity index (χ0v) is 13.4. The second-order valence-corrected chi connectivity index (χ2v) is 5.39. The summed E-state index contributed by atoms with van der Waals surface area (Å²) in [5.41, 5.74) is 0.717. The van der Waals surface area contributed by atoms with Crippen molar-refractivity contribution in [1.82, 2.24) is 4.90 Å². The predicted octanol–water partition coefficient (Wildman–Crippen LogP) is 2.89. The Morgan fingerprint density at radius 1 is 1.29 bits per heavy atom. The third kappa shape index (κ3) is 2.56. The maximum Gasteiger partial charge on any atom is 0.289 e. The molecule has 124 valence electrons. The lowest BCUT2D eigenvalue weighted by atomic mass is 9.95. The van der Waals surface area contributed by atoms with Crippen LogP contribution < -0.4 is 4.74 Å². The van der Waals surface area contributed by atoms with Gasteiger partial charge in [-0.15, -0.1) is 0 Å². The molecular weight excluding hydrogens is 310 g/mol. The maximum absolute atomic E-state index is 12.6. The zero-order valence-electron chi connectivity index (χ0n) is 13.4. The summed E-state index contributed by atoms with van der Waals surface area (Å²) < 4.78 is 10.5. The van der Waals surface area contributed by atoms with Crippen LogP contribution in [-0.4, -0.2) is 35.4 Å². The van der Waals surface area contributed by atoms with Crippen molar-refractivity contribution in [3.63, 3.8) is 0 Å². The van der Waals surface area contributed by atoms with Crippen molar-refractivity contribution in [3.05, 3.63) is 65.3 Å². The van der Waals surface area contributed by atoms with E-state index in [9.17, 15) is 14.7 Å². The normalized spacial score (nSPS) is 17.5. The van der Waals surface area contributed by atoms with Gasteiger partial charge in [-0.25, -0.2) is 0 Å². The first-order chi connectivity index (χ1) is 11.5. The van der Waals surface area contributed by atoms with Crippen molar-refractivity contribution >= 4 is 11.7 Å². The van der Waals surface area contributed by atoms with E-state index in [2.05, 4.69) is 0 Å². The lowest BCUT2D eigenvalue weighted by molar-refractivity contribution is -0.128. The van der Waals surface area contributed by atoms with Gasteiger partial charge in [0, 0.05) is 7.05 Å². The lowest BCUT2D eigenvalue weighted by Crippen LogP contribution is -2.26. The van der Waals surface area contributed by atoms with E-state index in [0.29, 0.717) is 17.9 Å². The van der Waals surface area contributed by atoms with Crippen LogP contribution in [0.25, 0.3) is 0 Å². The van der Waals surface area contributed by atoms with Crippen LogP contribution in [0.1, 0.15) is 29.1 Å². The van der Waals surface area contributed by atoms with Crippen molar-refractivity contribution in [3.8, 4) is 5.75 Å². The Morgan fingerprint density at radius 2 is 2.00 bits per heavy atom. The minimum absolute atomic E-state index is 0.0154. The van der Waals surface area contributed by atoms with Gasteiger partial charge in [-0.1, -0.05) is 12.1 Å². The molecule has 2 aromatic rings. The van der Waals surface area contributed by atoms with Crippen LogP contribution in [0.4, 0.5) is 0 Å². The van der Waals surface area contributed by atoms with Gasteiger partial charge in [-0.05, 0) is 36.8 Å². The Bertz CT molecular complexity index is 789. The molecule has 2 heterocycles. The highest BCUT2D eigenvalue weighted by molar-refractivity contribution is 6.14.